The van der Waals surface area contributed by atoms with Crippen molar-refractivity contribution in [3.8, 4) is 11.8 Å². The fraction of sp³-hybridized carbons (Fsp3) is 0.545. The molecule has 0 radical (unpaired) electrons. The first-order valence-electron chi connectivity index (χ1n) is 5.01. The predicted molar refractivity (Wildman–Crippen MR) is 54.3 cm³/mol. The highest BCUT2D eigenvalue weighted by Gasteiger charge is 2.21. The Hall–Kier alpha value is -1.43. The van der Waals surface area contributed by atoms with Crippen LogP contribution >= 0.6 is 0 Å². The number of amides is 2. The van der Waals surface area contributed by atoms with E-state index >= 15 is 0 Å². The van der Waals surface area contributed by atoms with Crippen molar-refractivity contribution in [1.82, 2.24) is 4.90 Å². The minimum atomic E-state index is -0.371. The first-order valence-corrected chi connectivity index (χ1v) is 5.01. The molecule has 1 heterocycles. The first kappa shape index (κ1) is 9.14. The van der Waals surface area contributed by atoms with Crippen LogP contribution in [0.25, 0.3) is 0 Å². The SMILES string of the molecule is NC(=O)N1CCC=CC1C#CC1CC1. The molecule has 2 rings (SSSR count). The second-order valence-electron chi connectivity index (χ2n) is 3.76. The zero-order chi connectivity index (χ0) is 9.97. The molecule has 0 aromatic carbocycles. The maximum atomic E-state index is 11.1. The van der Waals surface area contributed by atoms with Gasteiger partial charge in [-0.05, 0) is 19.3 Å². The van der Waals surface area contributed by atoms with Gasteiger partial charge in [0.1, 0.15) is 6.04 Å². The van der Waals surface area contributed by atoms with Gasteiger partial charge in [0.25, 0.3) is 0 Å². The first-order chi connectivity index (χ1) is 6.77. The molecule has 0 bridgehead atoms. The molecule has 1 saturated carbocycles. The molecule has 1 unspecified atom stereocenters. The Morgan fingerprint density at radius 3 is 2.86 bits per heavy atom. The number of hydrogen-bond acceptors (Lipinski definition) is 1. The highest BCUT2D eigenvalue weighted by molar-refractivity contribution is 5.73. The number of urea groups is 1. The van der Waals surface area contributed by atoms with Crippen molar-refractivity contribution in [2.45, 2.75) is 25.3 Å². The van der Waals surface area contributed by atoms with E-state index in [4.69, 9.17) is 5.73 Å². The summed E-state index contributed by atoms with van der Waals surface area (Å²) in [6, 6.07) is -0.466. The largest absolute Gasteiger partial charge is 0.351 e. The van der Waals surface area contributed by atoms with Crippen LogP contribution in [0.15, 0.2) is 12.2 Å². The summed E-state index contributed by atoms with van der Waals surface area (Å²) in [5.74, 6) is 6.83. The van der Waals surface area contributed by atoms with Gasteiger partial charge in [-0.2, -0.15) is 0 Å². The van der Waals surface area contributed by atoms with Crippen LogP contribution in [-0.2, 0) is 0 Å². The normalized spacial score (nSPS) is 25.4. The molecule has 0 aromatic heterocycles. The average Bonchev–Trinajstić information content (AvgIpc) is 2.98. The van der Waals surface area contributed by atoms with Gasteiger partial charge in [-0.1, -0.05) is 24.0 Å². The van der Waals surface area contributed by atoms with E-state index in [0.29, 0.717) is 12.5 Å². The Balaban J connectivity index is 2.06. The molecule has 2 aliphatic rings. The molecule has 74 valence electrons. The number of carbonyl (C=O) groups is 1. The number of hydrogen-bond donors (Lipinski definition) is 1. The molecule has 0 spiro atoms. The van der Waals surface area contributed by atoms with Gasteiger partial charge in [-0.15, -0.1) is 0 Å². The summed E-state index contributed by atoms with van der Waals surface area (Å²) in [6.07, 6.45) is 7.32. The zero-order valence-corrected chi connectivity index (χ0v) is 8.07. The lowest BCUT2D eigenvalue weighted by atomic mass is 10.1. The van der Waals surface area contributed by atoms with E-state index in [1.54, 1.807) is 4.90 Å². The average molecular weight is 190 g/mol. The van der Waals surface area contributed by atoms with Crippen molar-refractivity contribution >= 4 is 6.03 Å². The minimum absolute atomic E-state index is 0.0955. The second kappa shape index (κ2) is 3.75. The molecule has 0 saturated heterocycles. The molecule has 1 aliphatic heterocycles. The number of nitrogens with zero attached hydrogens (tertiary/aromatic N) is 1. The van der Waals surface area contributed by atoms with E-state index in [0.717, 1.165) is 6.42 Å². The van der Waals surface area contributed by atoms with Gasteiger partial charge >= 0.3 is 6.03 Å². The molecule has 1 aliphatic carbocycles. The molecule has 1 atom stereocenters. The van der Waals surface area contributed by atoms with Crippen LogP contribution in [-0.4, -0.2) is 23.5 Å². The molecular formula is C11H14N2O. The summed E-state index contributed by atoms with van der Waals surface area (Å²) < 4.78 is 0. The number of carbonyl (C=O) groups excluding carboxylic acids is 1. The second-order valence-corrected chi connectivity index (χ2v) is 3.76. The third-order valence-corrected chi connectivity index (χ3v) is 2.49. The minimum Gasteiger partial charge on any atom is -0.351 e. The van der Waals surface area contributed by atoms with E-state index in [1.807, 2.05) is 6.08 Å². The number of primary amides is 1. The quantitative estimate of drug-likeness (QED) is 0.451. The van der Waals surface area contributed by atoms with E-state index < -0.39 is 0 Å². The predicted octanol–water partition coefficient (Wildman–Crippen LogP) is 1.11. The molecule has 0 aromatic rings. The Morgan fingerprint density at radius 1 is 1.43 bits per heavy atom. The summed E-state index contributed by atoms with van der Waals surface area (Å²) in [6.45, 7) is 0.690. The third kappa shape index (κ3) is 2.08. The summed E-state index contributed by atoms with van der Waals surface area (Å²) in [5.41, 5.74) is 5.26. The van der Waals surface area contributed by atoms with Crippen LogP contribution in [0.2, 0.25) is 0 Å². The fourth-order valence-electron chi connectivity index (χ4n) is 1.49. The van der Waals surface area contributed by atoms with Gasteiger partial charge in [0.2, 0.25) is 0 Å². The number of rotatable bonds is 0. The smallest absolute Gasteiger partial charge is 0.316 e. The van der Waals surface area contributed by atoms with Crippen molar-refractivity contribution in [3.05, 3.63) is 12.2 Å². The van der Waals surface area contributed by atoms with E-state index in [2.05, 4.69) is 17.9 Å². The van der Waals surface area contributed by atoms with Crippen LogP contribution in [0.3, 0.4) is 0 Å². The van der Waals surface area contributed by atoms with Gasteiger partial charge in [0.05, 0.1) is 0 Å². The lowest BCUT2D eigenvalue weighted by molar-refractivity contribution is 0.203. The number of nitrogens with two attached hydrogens (primary N) is 1. The topological polar surface area (TPSA) is 46.3 Å². The van der Waals surface area contributed by atoms with Crippen molar-refractivity contribution in [2.75, 3.05) is 6.54 Å². The van der Waals surface area contributed by atoms with Crippen LogP contribution in [0.4, 0.5) is 4.79 Å². The standard InChI is InChI=1S/C11H14N2O/c12-11(14)13-8-2-1-3-10(13)7-6-9-4-5-9/h1,3,9-10H,2,4-5,8H2,(H2,12,14). The maximum Gasteiger partial charge on any atom is 0.316 e. The molecule has 3 nitrogen and oxygen atoms in total. The Bertz CT molecular complexity index is 320. The molecule has 1 fully saturated rings. The molecule has 2 N–H and O–H groups in total. The molecular weight excluding hydrogens is 176 g/mol. The van der Waals surface area contributed by atoms with Crippen molar-refractivity contribution < 1.29 is 4.79 Å². The lowest BCUT2D eigenvalue weighted by Gasteiger charge is -2.26. The van der Waals surface area contributed by atoms with Crippen molar-refractivity contribution in [2.24, 2.45) is 11.7 Å². The van der Waals surface area contributed by atoms with Crippen molar-refractivity contribution in [1.29, 1.82) is 0 Å². The van der Waals surface area contributed by atoms with Gasteiger partial charge in [0, 0.05) is 12.5 Å². The van der Waals surface area contributed by atoms with Crippen molar-refractivity contribution in [3.63, 3.8) is 0 Å². The summed E-state index contributed by atoms with van der Waals surface area (Å²) >= 11 is 0. The van der Waals surface area contributed by atoms with Crippen LogP contribution in [0.1, 0.15) is 19.3 Å². The zero-order valence-electron chi connectivity index (χ0n) is 8.07. The van der Waals surface area contributed by atoms with E-state index in [9.17, 15) is 4.79 Å². The van der Waals surface area contributed by atoms with Crippen LogP contribution in [0.5, 0.6) is 0 Å². The van der Waals surface area contributed by atoms with Gasteiger partial charge in [-0.25, -0.2) is 4.79 Å². The summed E-state index contributed by atoms with van der Waals surface area (Å²) in [4.78, 5) is 12.7. The maximum absolute atomic E-state index is 11.1. The van der Waals surface area contributed by atoms with Gasteiger partial charge in [-0.3, -0.25) is 0 Å². The Morgan fingerprint density at radius 2 is 2.21 bits per heavy atom. The van der Waals surface area contributed by atoms with Crippen LogP contribution < -0.4 is 5.73 Å². The van der Waals surface area contributed by atoms with E-state index in [-0.39, 0.29) is 12.1 Å². The van der Waals surface area contributed by atoms with Gasteiger partial charge in [0.15, 0.2) is 0 Å². The van der Waals surface area contributed by atoms with E-state index in [1.165, 1.54) is 12.8 Å². The van der Waals surface area contributed by atoms with Gasteiger partial charge < -0.3 is 10.6 Å². The lowest BCUT2D eigenvalue weighted by Crippen LogP contribution is -2.44. The highest BCUT2D eigenvalue weighted by Crippen LogP contribution is 2.27. The molecule has 14 heavy (non-hydrogen) atoms. The third-order valence-electron chi connectivity index (χ3n) is 2.49. The van der Waals surface area contributed by atoms with Crippen LogP contribution in [0, 0.1) is 17.8 Å². The fourth-order valence-corrected chi connectivity index (χ4v) is 1.49. The summed E-state index contributed by atoms with van der Waals surface area (Å²) in [5, 5.41) is 0. The molecule has 2 amide bonds. The monoisotopic (exact) mass is 190 g/mol. The Labute approximate surface area is 83.9 Å². The summed E-state index contributed by atoms with van der Waals surface area (Å²) in [7, 11) is 0. The Kier molecular flexibility index (Phi) is 2.45. The molecule has 3 heteroatoms. The highest BCUT2D eigenvalue weighted by atomic mass is 16.2.